The van der Waals surface area contributed by atoms with Crippen molar-refractivity contribution in [3.63, 3.8) is 0 Å². The number of nitrogens with one attached hydrogen (secondary N) is 1. The molecule has 3 nitrogen and oxygen atoms in total. The molecule has 14 heavy (non-hydrogen) atoms. The van der Waals surface area contributed by atoms with Crippen LogP contribution in [0.15, 0.2) is 28.7 Å². The van der Waals surface area contributed by atoms with Gasteiger partial charge >= 0.3 is 0 Å². The first kappa shape index (κ1) is 11.5. The fraction of sp³-hybridized carbons (Fsp3) is 0.400. The number of halogens is 1. The Kier molecular flexibility index (Phi) is 4.93. The summed E-state index contributed by atoms with van der Waals surface area (Å²) in [6.45, 7) is 1.48. The minimum Gasteiger partial charge on any atom is -0.492 e. The molecular formula is C10H15BrN2O. The Morgan fingerprint density at radius 3 is 2.50 bits per heavy atom. The molecule has 0 spiro atoms. The van der Waals surface area contributed by atoms with Gasteiger partial charge in [0.15, 0.2) is 0 Å². The summed E-state index contributed by atoms with van der Waals surface area (Å²) in [6, 6.07) is 7.82. The molecular weight excluding hydrogens is 244 g/mol. The number of nitrogens with zero attached hydrogens (tertiary/aromatic N) is 1. The van der Waals surface area contributed by atoms with Gasteiger partial charge in [-0.2, -0.15) is 0 Å². The normalized spacial score (nSPS) is 10.6. The van der Waals surface area contributed by atoms with Crippen LogP contribution in [-0.2, 0) is 0 Å². The molecule has 0 heterocycles. The number of hydrazine groups is 1. The van der Waals surface area contributed by atoms with Crippen LogP contribution >= 0.6 is 15.9 Å². The molecule has 0 radical (unpaired) electrons. The van der Waals surface area contributed by atoms with Crippen molar-refractivity contribution in [2.45, 2.75) is 0 Å². The van der Waals surface area contributed by atoms with Crippen LogP contribution in [0.2, 0.25) is 0 Å². The van der Waals surface area contributed by atoms with Gasteiger partial charge in [-0.1, -0.05) is 15.9 Å². The Morgan fingerprint density at radius 1 is 1.29 bits per heavy atom. The predicted octanol–water partition coefficient (Wildman–Crippen LogP) is 1.89. The molecule has 0 fully saturated rings. The summed E-state index contributed by atoms with van der Waals surface area (Å²) in [4.78, 5) is 0. The van der Waals surface area contributed by atoms with Crippen LogP contribution in [-0.4, -0.2) is 32.3 Å². The third-order valence-corrected chi connectivity index (χ3v) is 2.14. The predicted molar refractivity (Wildman–Crippen MR) is 61.3 cm³/mol. The van der Waals surface area contributed by atoms with Gasteiger partial charge in [-0.05, 0) is 24.3 Å². The lowest BCUT2D eigenvalue weighted by atomic mass is 10.3. The van der Waals surface area contributed by atoms with Crippen LogP contribution in [0.3, 0.4) is 0 Å². The van der Waals surface area contributed by atoms with E-state index in [9.17, 15) is 0 Å². The van der Waals surface area contributed by atoms with Crippen molar-refractivity contribution in [2.75, 3.05) is 27.2 Å². The molecule has 0 amide bonds. The van der Waals surface area contributed by atoms with E-state index < -0.39 is 0 Å². The monoisotopic (exact) mass is 258 g/mol. The quantitative estimate of drug-likeness (QED) is 0.645. The van der Waals surface area contributed by atoms with Gasteiger partial charge < -0.3 is 4.74 Å². The molecule has 4 heteroatoms. The van der Waals surface area contributed by atoms with Gasteiger partial charge in [-0.25, -0.2) is 0 Å². The molecule has 1 N–H and O–H groups in total. The van der Waals surface area contributed by atoms with Crippen molar-refractivity contribution in [3.05, 3.63) is 28.7 Å². The van der Waals surface area contributed by atoms with E-state index >= 15 is 0 Å². The molecule has 1 rings (SSSR count). The Balaban J connectivity index is 2.21. The van der Waals surface area contributed by atoms with E-state index in [1.807, 2.05) is 43.4 Å². The van der Waals surface area contributed by atoms with Crippen LogP contribution in [0.25, 0.3) is 0 Å². The van der Waals surface area contributed by atoms with Crippen LogP contribution < -0.4 is 10.2 Å². The molecule has 0 saturated heterocycles. The zero-order chi connectivity index (χ0) is 10.4. The number of hydrogen-bond donors (Lipinski definition) is 1. The molecule has 0 aliphatic rings. The summed E-state index contributed by atoms with van der Waals surface area (Å²) in [7, 11) is 3.92. The molecule has 0 atom stereocenters. The molecule has 1 aromatic carbocycles. The van der Waals surface area contributed by atoms with Gasteiger partial charge in [0, 0.05) is 25.1 Å². The van der Waals surface area contributed by atoms with Crippen molar-refractivity contribution in [3.8, 4) is 5.75 Å². The molecule has 0 bridgehead atoms. The SMILES string of the molecule is CN(C)NCCOc1ccc(Br)cc1. The van der Waals surface area contributed by atoms with Crippen molar-refractivity contribution < 1.29 is 4.74 Å². The lowest BCUT2D eigenvalue weighted by Crippen LogP contribution is -2.33. The molecule has 78 valence electrons. The van der Waals surface area contributed by atoms with Gasteiger partial charge in [0.05, 0.1) is 0 Å². The fourth-order valence-corrected chi connectivity index (χ4v) is 1.23. The highest BCUT2D eigenvalue weighted by Gasteiger charge is 1.93. The molecule has 0 aliphatic carbocycles. The lowest BCUT2D eigenvalue weighted by molar-refractivity contribution is 0.238. The minimum atomic E-state index is 0.666. The summed E-state index contributed by atoms with van der Waals surface area (Å²) in [6.07, 6.45) is 0. The zero-order valence-corrected chi connectivity index (χ0v) is 10.0. The van der Waals surface area contributed by atoms with Gasteiger partial charge in [-0.3, -0.25) is 10.4 Å². The average molecular weight is 259 g/mol. The highest BCUT2D eigenvalue weighted by Crippen LogP contribution is 2.15. The van der Waals surface area contributed by atoms with Crippen LogP contribution in [0, 0.1) is 0 Å². The smallest absolute Gasteiger partial charge is 0.119 e. The van der Waals surface area contributed by atoms with Crippen molar-refractivity contribution in [2.24, 2.45) is 0 Å². The first-order valence-corrected chi connectivity index (χ1v) is 5.27. The van der Waals surface area contributed by atoms with Crippen molar-refractivity contribution >= 4 is 15.9 Å². The standard InChI is InChI=1S/C10H15BrN2O/c1-13(2)12-7-8-14-10-5-3-9(11)4-6-10/h3-6,12H,7-8H2,1-2H3. The van der Waals surface area contributed by atoms with E-state index in [1.54, 1.807) is 0 Å². The third kappa shape index (κ3) is 4.60. The Morgan fingerprint density at radius 2 is 1.93 bits per heavy atom. The number of ether oxygens (including phenoxy) is 1. The average Bonchev–Trinajstić information content (AvgIpc) is 2.15. The van der Waals surface area contributed by atoms with Crippen molar-refractivity contribution in [1.82, 2.24) is 10.4 Å². The van der Waals surface area contributed by atoms with Gasteiger partial charge in [-0.15, -0.1) is 0 Å². The van der Waals surface area contributed by atoms with E-state index in [4.69, 9.17) is 4.74 Å². The second kappa shape index (κ2) is 6.01. The highest BCUT2D eigenvalue weighted by atomic mass is 79.9. The first-order valence-electron chi connectivity index (χ1n) is 4.47. The summed E-state index contributed by atoms with van der Waals surface area (Å²) in [5.41, 5.74) is 3.13. The van der Waals surface area contributed by atoms with Gasteiger partial charge in [0.25, 0.3) is 0 Å². The fourth-order valence-electron chi connectivity index (χ4n) is 0.969. The van der Waals surface area contributed by atoms with Crippen LogP contribution in [0.5, 0.6) is 5.75 Å². The maximum absolute atomic E-state index is 5.50. The molecule has 0 aliphatic heterocycles. The van der Waals surface area contributed by atoms with E-state index in [0.29, 0.717) is 6.61 Å². The van der Waals surface area contributed by atoms with Crippen LogP contribution in [0.1, 0.15) is 0 Å². The maximum atomic E-state index is 5.50. The maximum Gasteiger partial charge on any atom is 0.119 e. The van der Waals surface area contributed by atoms with E-state index in [0.717, 1.165) is 16.8 Å². The molecule has 0 unspecified atom stereocenters. The zero-order valence-electron chi connectivity index (χ0n) is 8.46. The lowest BCUT2D eigenvalue weighted by Gasteiger charge is -2.12. The van der Waals surface area contributed by atoms with E-state index in [1.165, 1.54) is 0 Å². The third-order valence-electron chi connectivity index (χ3n) is 1.61. The molecule has 1 aromatic rings. The molecule has 0 aromatic heterocycles. The molecule has 0 saturated carbocycles. The highest BCUT2D eigenvalue weighted by molar-refractivity contribution is 9.10. The summed E-state index contributed by atoms with van der Waals surface area (Å²) < 4.78 is 6.57. The Bertz CT molecular complexity index is 261. The second-order valence-electron chi connectivity index (χ2n) is 3.10. The topological polar surface area (TPSA) is 24.5 Å². The second-order valence-corrected chi connectivity index (χ2v) is 4.02. The Hall–Kier alpha value is -0.580. The largest absolute Gasteiger partial charge is 0.492 e. The van der Waals surface area contributed by atoms with E-state index in [2.05, 4.69) is 21.4 Å². The number of rotatable bonds is 5. The summed E-state index contributed by atoms with van der Waals surface area (Å²) >= 11 is 3.37. The number of hydrogen-bond acceptors (Lipinski definition) is 3. The van der Waals surface area contributed by atoms with Gasteiger partial charge in [0.2, 0.25) is 0 Å². The minimum absolute atomic E-state index is 0.666. The van der Waals surface area contributed by atoms with Gasteiger partial charge in [0.1, 0.15) is 12.4 Å². The van der Waals surface area contributed by atoms with Crippen LogP contribution in [0.4, 0.5) is 0 Å². The van der Waals surface area contributed by atoms with E-state index in [-0.39, 0.29) is 0 Å². The summed E-state index contributed by atoms with van der Waals surface area (Å²) in [5, 5.41) is 1.91. The van der Waals surface area contributed by atoms with Crippen molar-refractivity contribution in [1.29, 1.82) is 0 Å². The number of benzene rings is 1. The Labute approximate surface area is 93.2 Å². The summed E-state index contributed by atoms with van der Waals surface area (Å²) in [5.74, 6) is 0.897. The first-order chi connectivity index (χ1) is 6.68.